The van der Waals surface area contributed by atoms with E-state index in [1.807, 2.05) is 6.08 Å². The lowest BCUT2D eigenvalue weighted by Crippen LogP contribution is -2.52. The van der Waals surface area contributed by atoms with E-state index in [1.54, 1.807) is 0 Å². The summed E-state index contributed by atoms with van der Waals surface area (Å²) >= 11 is 0. The highest BCUT2D eigenvalue weighted by Gasteiger charge is 2.64. The third-order valence-electron chi connectivity index (χ3n) is 5.55. The molecule has 1 aliphatic heterocycles. The molecule has 3 aliphatic rings. The quantitative estimate of drug-likeness (QED) is 0.643. The van der Waals surface area contributed by atoms with Crippen LogP contribution in [-0.2, 0) is 9.53 Å². The summed E-state index contributed by atoms with van der Waals surface area (Å²) in [5, 5.41) is 0. The van der Waals surface area contributed by atoms with Crippen molar-refractivity contribution in [3.05, 3.63) is 11.6 Å². The molecule has 2 fully saturated rings. The second-order valence-corrected chi connectivity index (χ2v) is 7.00. The van der Waals surface area contributed by atoms with Crippen molar-refractivity contribution in [3.63, 3.8) is 0 Å². The number of ketones is 1. The first kappa shape index (κ1) is 11.5. The first-order chi connectivity index (χ1) is 7.79. The zero-order valence-corrected chi connectivity index (χ0v) is 11.3. The molecule has 0 unspecified atom stereocenters. The van der Waals surface area contributed by atoms with Crippen molar-refractivity contribution in [1.82, 2.24) is 0 Å². The normalized spacial score (nSPS) is 47.6. The van der Waals surface area contributed by atoms with Gasteiger partial charge in [0.15, 0.2) is 5.78 Å². The Morgan fingerprint density at radius 1 is 1.35 bits per heavy atom. The lowest BCUT2D eigenvalue weighted by molar-refractivity contribution is -0.144. The van der Waals surface area contributed by atoms with Crippen LogP contribution in [0, 0.1) is 11.3 Å². The van der Waals surface area contributed by atoms with Crippen molar-refractivity contribution < 1.29 is 9.53 Å². The van der Waals surface area contributed by atoms with Gasteiger partial charge in [-0.15, -0.1) is 0 Å². The van der Waals surface area contributed by atoms with Gasteiger partial charge in [0.25, 0.3) is 0 Å². The molecule has 1 heterocycles. The van der Waals surface area contributed by atoms with Gasteiger partial charge in [-0.25, -0.2) is 0 Å². The molecule has 17 heavy (non-hydrogen) atoms. The Bertz CT molecular complexity index is 421. The van der Waals surface area contributed by atoms with Crippen LogP contribution in [0.5, 0.6) is 0 Å². The molecule has 1 spiro atoms. The molecule has 2 aliphatic carbocycles. The fourth-order valence-electron chi connectivity index (χ4n) is 4.42. The Labute approximate surface area is 103 Å². The molecule has 0 amide bonds. The molecule has 1 saturated heterocycles. The van der Waals surface area contributed by atoms with Crippen molar-refractivity contribution in [2.45, 2.75) is 64.6 Å². The van der Waals surface area contributed by atoms with Crippen LogP contribution in [0.3, 0.4) is 0 Å². The van der Waals surface area contributed by atoms with E-state index in [1.165, 1.54) is 6.42 Å². The summed E-state index contributed by atoms with van der Waals surface area (Å²) in [6.07, 6.45) is 5.91. The summed E-state index contributed by atoms with van der Waals surface area (Å²) in [5.41, 5.74) is 0.986. The fraction of sp³-hybridized carbons (Fsp3) is 0.800. The Balaban J connectivity index is 2.14. The van der Waals surface area contributed by atoms with Crippen LogP contribution in [0.1, 0.15) is 53.4 Å². The number of hydrogen-bond acceptors (Lipinski definition) is 2. The molecule has 2 heteroatoms. The molecule has 3 rings (SSSR count). The number of rotatable bonds is 0. The summed E-state index contributed by atoms with van der Waals surface area (Å²) in [6, 6.07) is 0. The van der Waals surface area contributed by atoms with E-state index in [2.05, 4.69) is 27.7 Å². The highest BCUT2D eigenvalue weighted by Crippen LogP contribution is 2.63. The molecular weight excluding hydrogens is 212 g/mol. The maximum absolute atomic E-state index is 11.8. The fourth-order valence-corrected chi connectivity index (χ4v) is 4.42. The molecule has 94 valence electrons. The summed E-state index contributed by atoms with van der Waals surface area (Å²) in [4.78, 5) is 11.8. The van der Waals surface area contributed by atoms with Gasteiger partial charge in [-0.05, 0) is 57.6 Å². The van der Waals surface area contributed by atoms with Gasteiger partial charge in [-0.1, -0.05) is 6.92 Å². The Morgan fingerprint density at radius 3 is 2.76 bits per heavy atom. The van der Waals surface area contributed by atoms with Gasteiger partial charge in [0.2, 0.25) is 0 Å². The number of ether oxygens (including phenoxy) is 1. The number of fused-ring (bicyclic) bond motifs is 1. The van der Waals surface area contributed by atoms with E-state index in [9.17, 15) is 4.79 Å². The van der Waals surface area contributed by atoms with Gasteiger partial charge >= 0.3 is 0 Å². The highest BCUT2D eigenvalue weighted by molar-refractivity contribution is 5.92. The molecule has 0 radical (unpaired) electrons. The predicted molar refractivity (Wildman–Crippen MR) is 66.7 cm³/mol. The highest BCUT2D eigenvalue weighted by atomic mass is 16.5. The molecule has 2 bridgehead atoms. The van der Waals surface area contributed by atoms with E-state index >= 15 is 0 Å². The van der Waals surface area contributed by atoms with Crippen molar-refractivity contribution in [2.75, 3.05) is 0 Å². The first-order valence-electron chi connectivity index (χ1n) is 6.71. The van der Waals surface area contributed by atoms with Gasteiger partial charge in [0.1, 0.15) is 0 Å². The zero-order chi connectivity index (χ0) is 12.5. The number of carbonyl (C=O) groups excluding carboxylic acids is 1. The number of carbonyl (C=O) groups is 1. The summed E-state index contributed by atoms with van der Waals surface area (Å²) < 4.78 is 6.51. The van der Waals surface area contributed by atoms with Gasteiger partial charge in [0, 0.05) is 11.8 Å². The SMILES string of the molecule is CC1=CC(=O)C[C@]2(C)CC[C@@H]3C[C@]12OC3(C)C. The second-order valence-electron chi connectivity index (χ2n) is 7.00. The first-order valence-corrected chi connectivity index (χ1v) is 6.71. The second kappa shape index (κ2) is 3.03. The van der Waals surface area contributed by atoms with E-state index in [4.69, 9.17) is 4.74 Å². The van der Waals surface area contributed by atoms with Crippen LogP contribution >= 0.6 is 0 Å². The molecule has 0 aromatic carbocycles. The maximum atomic E-state index is 11.8. The molecule has 3 atom stereocenters. The van der Waals surface area contributed by atoms with Crippen LogP contribution in [0.4, 0.5) is 0 Å². The van der Waals surface area contributed by atoms with Gasteiger partial charge < -0.3 is 4.74 Å². The number of hydrogen-bond donors (Lipinski definition) is 0. The monoisotopic (exact) mass is 234 g/mol. The van der Waals surface area contributed by atoms with Crippen molar-refractivity contribution >= 4 is 5.78 Å². The molecule has 2 nitrogen and oxygen atoms in total. The minimum Gasteiger partial charge on any atom is -0.364 e. The Hall–Kier alpha value is -0.630. The van der Waals surface area contributed by atoms with Crippen molar-refractivity contribution in [1.29, 1.82) is 0 Å². The molecule has 1 saturated carbocycles. The minimum absolute atomic E-state index is 0.0210. The third kappa shape index (κ3) is 1.28. The molecule has 0 aromatic rings. The minimum atomic E-state index is -0.159. The zero-order valence-electron chi connectivity index (χ0n) is 11.3. The van der Waals surface area contributed by atoms with E-state index in [-0.39, 0.29) is 22.4 Å². The van der Waals surface area contributed by atoms with E-state index in [0.29, 0.717) is 12.3 Å². The van der Waals surface area contributed by atoms with Crippen LogP contribution < -0.4 is 0 Å². The van der Waals surface area contributed by atoms with Crippen LogP contribution in [0.15, 0.2) is 11.6 Å². The van der Waals surface area contributed by atoms with Crippen LogP contribution in [-0.4, -0.2) is 17.0 Å². The lowest BCUT2D eigenvalue weighted by Gasteiger charge is -2.51. The average Bonchev–Trinajstić information content (AvgIpc) is 2.42. The Morgan fingerprint density at radius 2 is 2.06 bits per heavy atom. The summed E-state index contributed by atoms with van der Waals surface area (Å²) in [6.45, 7) is 8.75. The standard InChI is InChI=1S/C15H22O2/c1-10-7-12(16)9-14(4)6-5-11-8-15(10,14)17-13(11,2)3/h7,11H,5-6,8-9H2,1-4H3/t11-,14+,15+/m1/s1. The predicted octanol–water partition coefficient (Wildman–Crippen LogP) is 3.26. The number of allylic oxidation sites excluding steroid dienone is 1. The third-order valence-corrected chi connectivity index (χ3v) is 5.55. The largest absolute Gasteiger partial charge is 0.364 e. The topological polar surface area (TPSA) is 26.3 Å². The smallest absolute Gasteiger partial charge is 0.156 e. The lowest BCUT2D eigenvalue weighted by atomic mass is 9.55. The maximum Gasteiger partial charge on any atom is 0.156 e. The van der Waals surface area contributed by atoms with Gasteiger partial charge in [-0.3, -0.25) is 4.79 Å². The van der Waals surface area contributed by atoms with Crippen molar-refractivity contribution in [3.8, 4) is 0 Å². The molecular formula is C15H22O2. The summed E-state index contributed by atoms with van der Waals surface area (Å²) in [7, 11) is 0. The average molecular weight is 234 g/mol. The molecule has 0 N–H and O–H groups in total. The Kier molecular flexibility index (Phi) is 2.04. The van der Waals surface area contributed by atoms with Crippen molar-refractivity contribution in [2.24, 2.45) is 11.3 Å². The van der Waals surface area contributed by atoms with E-state index < -0.39 is 0 Å². The summed E-state index contributed by atoms with van der Waals surface area (Å²) in [5.74, 6) is 0.925. The molecule has 0 aromatic heterocycles. The van der Waals surface area contributed by atoms with Crippen LogP contribution in [0.2, 0.25) is 0 Å². The van der Waals surface area contributed by atoms with Crippen LogP contribution in [0.25, 0.3) is 0 Å². The van der Waals surface area contributed by atoms with Gasteiger partial charge in [-0.2, -0.15) is 0 Å². The van der Waals surface area contributed by atoms with Gasteiger partial charge in [0.05, 0.1) is 11.2 Å². The van der Waals surface area contributed by atoms with E-state index in [0.717, 1.165) is 18.4 Å².